The van der Waals surface area contributed by atoms with Gasteiger partial charge in [-0.05, 0) is 61.8 Å². The predicted molar refractivity (Wildman–Crippen MR) is 124 cm³/mol. The zero-order valence-corrected chi connectivity index (χ0v) is 19.2. The summed E-state index contributed by atoms with van der Waals surface area (Å²) in [5.74, 6) is 1.65. The third-order valence-corrected chi connectivity index (χ3v) is 7.34. The lowest BCUT2D eigenvalue weighted by atomic mass is 9.85. The summed E-state index contributed by atoms with van der Waals surface area (Å²) < 4.78 is 0. The van der Waals surface area contributed by atoms with Crippen LogP contribution in [0.15, 0.2) is 18.2 Å². The van der Waals surface area contributed by atoms with E-state index in [1.165, 1.54) is 42.5 Å². The van der Waals surface area contributed by atoms with Gasteiger partial charge in [0, 0.05) is 30.1 Å². The number of piperidine rings is 1. The van der Waals surface area contributed by atoms with Gasteiger partial charge < -0.3 is 10.2 Å². The molecule has 2 aliphatic heterocycles. The summed E-state index contributed by atoms with van der Waals surface area (Å²) in [7, 11) is 0. The van der Waals surface area contributed by atoms with E-state index in [1.54, 1.807) is 0 Å². The second-order valence-corrected chi connectivity index (χ2v) is 9.19. The molecule has 1 aromatic rings. The van der Waals surface area contributed by atoms with Crippen LogP contribution in [-0.2, 0) is 4.79 Å². The average Bonchev–Trinajstić information content (AvgIpc) is 3.08. The van der Waals surface area contributed by atoms with Crippen molar-refractivity contribution < 1.29 is 4.79 Å². The van der Waals surface area contributed by atoms with Gasteiger partial charge in [-0.3, -0.25) is 4.79 Å². The van der Waals surface area contributed by atoms with Gasteiger partial charge in [0.25, 0.3) is 0 Å². The summed E-state index contributed by atoms with van der Waals surface area (Å²) in [5.41, 5.74) is 4.11. The molecule has 29 heavy (non-hydrogen) atoms. The minimum atomic E-state index is 0.170. The van der Waals surface area contributed by atoms with E-state index in [4.69, 9.17) is 0 Å². The van der Waals surface area contributed by atoms with Crippen molar-refractivity contribution in [2.24, 2.45) is 5.92 Å². The highest BCUT2D eigenvalue weighted by molar-refractivity contribution is 5.98. The highest BCUT2D eigenvalue weighted by Crippen LogP contribution is 2.46. The van der Waals surface area contributed by atoms with Gasteiger partial charge in [0.05, 0.1) is 0 Å². The molecule has 162 valence electrons. The Morgan fingerprint density at radius 1 is 1.10 bits per heavy atom. The number of nitrogens with one attached hydrogen (secondary N) is 1. The van der Waals surface area contributed by atoms with Crippen molar-refractivity contribution in [1.29, 1.82) is 0 Å². The third kappa shape index (κ3) is 4.71. The van der Waals surface area contributed by atoms with Crippen molar-refractivity contribution in [2.75, 3.05) is 18.0 Å². The number of fused-ring (bicyclic) bond motifs is 3. The predicted octanol–water partition coefficient (Wildman–Crippen LogP) is 6.38. The van der Waals surface area contributed by atoms with Gasteiger partial charge in [-0.15, -0.1) is 0 Å². The molecule has 0 aliphatic carbocycles. The van der Waals surface area contributed by atoms with Crippen LogP contribution in [0.5, 0.6) is 0 Å². The van der Waals surface area contributed by atoms with Crippen molar-refractivity contribution in [3.05, 3.63) is 29.3 Å². The minimum Gasteiger partial charge on any atom is -0.316 e. The molecule has 3 nitrogen and oxygen atoms in total. The SMILES string of the molecule is CCCCC(CC)C(=O)N1c2ccc(C(CC)CCCC)cc2[C@H]2CNCC[C@H]21. The topological polar surface area (TPSA) is 32.3 Å². The molecule has 3 heteroatoms. The molecule has 0 aromatic heterocycles. The van der Waals surface area contributed by atoms with Gasteiger partial charge in [-0.1, -0.05) is 65.5 Å². The average molecular weight is 399 g/mol. The molecule has 3 rings (SSSR count). The highest BCUT2D eigenvalue weighted by atomic mass is 16.2. The fourth-order valence-corrected chi connectivity index (χ4v) is 5.48. The van der Waals surface area contributed by atoms with E-state index in [1.807, 2.05) is 0 Å². The molecule has 2 aliphatic rings. The monoisotopic (exact) mass is 398 g/mol. The van der Waals surface area contributed by atoms with Gasteiger partial charge >= 0.3 is 0 Å². The van der Waals surface area contributed by atoms with Gasteiger partial charge in [0.15, 0.2) is 0 Å². The summed E-state index contributed by atoms with van der Waals surface area (Å²) >= 11 is 0. The van der Waals surface area contributed by atoms with Crippen LogP contribution in [0.1, 0.15) is 108 Å². The first-order chi connectivity index (χ1) is 14.2. The Bertz CT molecular complexity index is 671. The highest BCUT2D eigenvalue weighted by Gasteiger charge is 2.44. The van der Waals surface area contributed by atoms with Crippen LogP contribution >= 0.6 is 0 Å². The lowest BCUT2D eigenvalue weighted by molar-refractivity contribution is -0.123. The van der Waals surface area contributed by atoms with Crippen molar-refractivity contribution in [3.8, 4) is 0 Å². The van der Waals surface area contributed by atoms with E-state index in [9.17, 15) is 4.79 Å². The molecule has 1 amide bonds. The number of carbonyl (C=O) groups excluding carboxylic acids is 1. The number of benzene rings is 1. The number of anilines is 1. The zero-order valence-electron chi connectivity index (χ0n) is 19.2. The van der Waals surface area contributed by atoms with Gasteiger partial charge in [0.1, 0.15) is 0 Å². The first kappa shape index (κ1) is 22.3. The number of nitrogens with zero attached hydrogens (tertiary/aromatic N) is 1. The first-order valence-corrected chi connectivity index (χ1v) is 12.3. The van der Waals surface area contributed by atoms with Crippen LogP contribution in [0.4, 0.5) is 5.69 Å². The summed E-state index contributed by atoms with van der Waals surface area (Å²) in [6, 6.07) is 7.41. The quantitative estimate of drug-likeness (QED) is 0.496. The summed E-state index contributed by atoms with van der Waals surface area (Å²) in [6.07, 6.45) is 10.4. The second-order valence-electron chi connectivity index (χ2n) is 9.19. The normalized spacial score (nSPS) is 22.8. The Balaban J connectivity index is 1.91. The minimum absolute atomic E-state index is 0.170. The van der Waals surface area contributed by atoms with E-state index in [-0.39, 0.29) is 5.92 Å². The molecule has 4 atom stereocenters. The Morgan fingerprint density at radius 3 is 2.55 bits per heavy atom. The Labute approximate surface area is 178 Å². The lowest BCUT2D eigenvalue weighted by Crippen LogP contribution is -2.48. The number of unbranched alkanes of at least 4 members (excludes halogenated alkanes) is 2. The molecular weight excluding hydrogens is 356 g/mol. The molecular formula is C26H42N2O. The molecule has 2 unspecified atom stereocenters. The van der Waals surface area contributed by atoms with E-state index in [0.29, 0.717) is 23.8 Å². The molecule has 2 heterocycles. The van der Waals surface area contributed by atoms with Gasteiger partial charge in [-0.2, -0.15) is 0 Å². The largest absolute Gasteiger partial charge is 0.316 e. The molecule has 1 fully saturated rings. The van der Waals surface area contributed by atoms with Crippen LogP contribution in [0.25, 0.3) is 0 Å². The zero-order chi connectivity index (χ0) is 20.8. The van der Waals surface area contributed by atoms with Gasteiger partial charge in [0.2, 0.25) is 5.91 Å². The molecule has 1 N–H and O–H groups in total. The number of hydrogen-bond donors (Lipinski definition) is 1. The smallest absolute Gasteiger partial charge is 0.230 e. The molecule has 0 saturated carbocycles. The van der Waals surface area contributed by atoms with E-state index in [2.05, 4.69) is 56.1 Å². The summed E-state index contributed by atoms with van der Waals surface area (Å²) in [5, 5.41) is 3.59. The van der Waals surface area contributed by atoms with Crippen LogP contribution in [0, 0.1) is 5.92 Å². The number of hydrogen-bond acceptors (Lipinski definition) is 2. The maximum Gasteiger partial charge on any atom is 0.230 e. The Kier molecular flexibility index (Phi) is 8.17. The fraction of sp³-hybridized carbons (Fsp3) is 0.731. The molecule has 1 aromatic carbocycles. The maximum absolute atomic E-state index is 13.6. The summed E-state index contributed by atoms with van der Waals surface area (Å²) in [4.78, 5) is 15.8. The Morgan fingerprint density at radius 2 is 1.86 bits per heavy atom. The molecule has 1 saturated heterocycles. The number of carbonyl (C=O) groups is 1. The van der Waals surface area contributed by atoms with Crippen LogP contribution in [-0.4, -0.2) is 25.0 Å². The molecule has 0 bridgehead atoms. The third-order valence-electron chi connectivity index (χ3n) is 7.34. The fourth-order valence-electron chi connectivity index (χ4n) is 5.48. The van der Waals surface area contributed by atoms with Crippen molar-refractivity contribution in [3.63, 3.8) is 0 Å². The lowest BCUT2D eigenvalue weighted by Gasteiger charge is -2.34. The van der Waals surface area contributed by atoms with Gasteiger partial charge in [-0.25, -0.2) is 0 Å². The standard InChI is InChI=1S/C26H42N2O/c1-5-9-11-19(7-3)21-13-14-24-22(17-21)23-18-27-16-15-25(23)28(24)26(29)20(8-4)12-10-6-2/h13-14,17,19-20,23,25,27H,5-12,15-16,18H2,1-4H3/t19?,20?,23-,25-/m1/s1. The van der Waals surface area contributed by atoms with Crippen LogP contribution < -0.4 is 10.2 Å². The number of rotatable bonds is 10. The van der Waals surface area contributed by atoms with Crippen LogP contribution in [0.3, 0.4) is 0 Å². The summed E-state index contributed by atoms with van der Waals surface area (Å²) in [6.45, 7) is 11.0. The van der Waals surface area contributed by atoms with E-state index >= 15 is 0 Å². The maximum atomic E-state index is 13.6. The number of amides is 1. The molecule has 0 spiro atoms. The van der Waals surface area contributed by atoms with Crippen LogP contribution in [0.2, 0.25) is 0 Å². The van der Waals surface area contributed by atoms with E-state index in [0.717, 1.165) is 45.2 Å². The second kappa shape index (κ2) is 10.6. The van der Waals surface area contributed by atoms with Crippen molar-refractivity contribution >= 4 is 11.6 Å². The van der Waals surface area contributed by atoms with Crippen molar-refractivity contribution in [1.82, 2.24) is 5.32 Å². The first-order valence-electron chi connectivity index (χ1n) is 12.3. The van der Waals surface area contributed by atoms with Crippen molar-refractivity contribution in [2.45, 2.75) is 103 Å². The molecule has 0 radical (unpaired) electrons. The Hall–Kier alpha value is -1.35. The van der Waals surface area contributed by atoms with E-state index < -0.39 is 0 Å².